The van der Waals surface area contributed by atoms with Gasteiger partial charge >= 0.3 is 0 Å². The molecule has 0 aromatic heterocycles. The van der Waals surface area contributed by atoms with E-state index >= 15 is 0 Å². The molecule has 92 valence electrons. The van der Waals surface area contributed by atoms with Crippen molar-refractivity contribution in [3.8, 4) is 0 Å². The summed E-state index contributed by atoms with van der Waals surface area (Å²) in [7, 11) is 0. The number of hydrogen-bond acceptors (Lipinski definition) is 1. The summed E-state index contributed by atoms with van der Waals surface area (Å²) in [6.45, 7) is 6.06. The maximum absolute atomic E-state index is 12.5. The molecule has 0 atom stereocenters. The number of ketones is 1. The van der Waals surface area contributed by atoms with Gasteiger partial charge in [0.25, 0.3) is 0 Å². The second-order valence-corrected chi connectivity index (χ2v) is 5.66. The minimum atomic E-state index is 0.112. The molecular weight excluding hydrogens is 335 g/mol. The van der Waals surface area contributed by atoms with E-state index in [2.05, 4.69) is 28.7 Å². The van der Waals surface area contributed by atoms with E-state index in [9.17, 15) is 4.79 Å². The highest BCUT2D eigenvalue weighted by Crippen LogP contribution is 2.22. The molecule has 0 fully saturated rings. The first-order chi connectivity index (χ1) is 8.50. The summed E-state index contributed by atoms with van der Waals surface area (Å²) in [5, 5.41) is 0. The van der Waals surface area contributed by atoms with Gasteiger partial charge in [-0.1, -0.05) is 35.9 Å². The minimum Gasteiger partial charge on any atom is -0.289 e. The lowest BCUT2D eigenvalue weighted by Gasteiger charge is -2.09. The average molecular weight is 350 g/mol. The third-order valence-corrected chi connectivity index (χ3v) is 4.49. The molecule has 0 spiro atoms. The summed E-state index contributed by atoms with van der Waals surface area (Å²) in [6.07, 6.45) is 0. The fourth-order valence-electron chi connectivity index (χ4n) is 2.04. The SMILES string of the molecule is Cc1ccc(C(=O)c2cccc(C)c2I)c(C)c1. The van der Waals surface area contributed by atoms with Gasteiger partial charge < -0.3 is 0 Å². The quantitative estimate of drug-likeness (QED) is 0.578. The van der Waals surface area contributed by atoms with Gasteiger partial charge in [0.05, 0.1) is 0 Å². The molecule has 2 heteroatoms. The summed E-state index contributed by atoms with van der Waals surface area (Å²) in [5.74, 6) is 0.112. The van der Waals surface area contributed by atoms with Crippen LogP contribution in [0.2, 0.25) is 0 Å². The molecular formula is C16H15IO. The number of hydrogen-bond donors (Lipinski definition) is 0. The Morgan fingerprint density at radius 3 is 2.33 bits per heavy atom. The summed E-state index contributed by atoms with van der Waals surface area (Å²) < 4.78 is 1.04. The van der Waals surface area contributed by atoms with Gasteiger partial charge in [0, 0.05) is 14.7 Å². The van der Waals surface area contributed by atoms with Crippen molar-refractivity contribution in [3.05, 3.63) is 67.8 Å². The third kappa shape index (κ3) is 2.48. The molecule has 0 heterocycles. The largest absolute Gasteiger partial charge is 0.289 e. The second-order valence-electron chi connectivity index (χ2n) is 4.58. The first kappa shape index (κ1) is 13.3. The number of benzene rings is 2. The summed E-state index contributed by atoms with van der Waals surface area (Å²) in [4.78, 5) is 12.5. The predicted octanol–water partition coefficient (Wildman–Crippen LogP) is 4.45. The Kier molecular flexibility index (Phi) is 3.85. The van der Waals surface area contributed by atoms with E-state index in [0.717, 1.165) is 25.8 Å². The van der Waals surface area contributed by atoms with Crippen molar-refractivity contribution in [2.24, 2.45) is 0 Å². The van der Waals surface area contributed by atoms with Crippen molar-refractivity contribution in [2.45, 2.75) is 20.8 Å². The van der Waals surface area contributed by atoms with Crippen molar-refractivity contribution < 1.29 is 4.79 Å². The lowest BCUT2D eigenvalue weighted by molar-refractivity contribution is 0.103. The lowest BCUT2D eigenvalue weighted by atomic mass is 9.97. The van der Waals surface area contributed by atoms with Crippen molar-refractivity contribution in [1.82, 2.24) is 0 Å². The van der Waals surface area contributed by atoms with Crippen LogP contribution in [0.3, 0.4) is 0 Å². The minimum absolute atomic E-state index is 0.112. The molecule has 0 aliphatic carbocycles. The van der Waals surface area contributed by atoms with Crippen LogP contribution in [0.15, 0.2) is 36.4 Å². The van der Waals surface area contributed by atoms with Gasteiger partial charge in [-0.2, -0.15) is 0 Å². The Morgan fingerprint density at radius 2 is 1.67 bits per heavy atom. The maximum atomic E-state index is 12.5. The van der Waals surface area contributed by atoms with Crippen molar-refractivity contribution in [2.75, 3.05) is 0 Å². The Bertz CT molecular complexity index is 614. The van der Waals surface area contributed by atoms with Gasteiger partial charge in [-0.05, 0) is 60.6 Å². The maximum Gasteiger partial charge on any atom is 0.194 e. The average Bonchev–Trinajstić information content (AvgIpc) is 2.32. The first-order valence-electron chi connectivity index (χ1n) is 5.88. The molecule has 0 saturated carbocycles. The third-order valence-electron chi connectivity index (χ3n) is 3.06. The number of halogens is 1. The highest BCUT2D eigenvalue weighted by atomic mass is 127. The van der Waals surface area contributed by atoms with Crippen molar-refractivity contribution >= 4 is 28.4 Å². The van der Waals surface area contributed by atoms with Crippen LogP contribution in [0.5, 0.6) is 0 Å². The van der Waals surface area contributed by atoms with Gasteiger partial charge in [0.15, 0.2) is 5.78 Å². The zero-order valence-electron chi connectivity index (χ0n) is 10.8. The van der Waals surface area contributed by atoms with Crippen LogP contribution in [0.1, 0.15) is 32.6 Å². The van der Waals surface area contributed by atoms with E-state index < -0.39 is 0 Å². The van der Waals surface area contributed by atoms with E-state index in [4.69, 9.17) is 0 Å². The van der Waals surface area contributed by atoms with Gasteiger partial charge in [-0.15, -0.1) is 0 Å². The van der Waals surface area contributed by atoms with E-state index in [1.165, 1.54) is 5.56 Å². The van der Waals surface area contributed by atoms with Crippen LogP contribution >= 0.6 is 22.6 Å². The number of aryl methyl sites for hydroxylation is 3. The fraction of sp³-hybridized carbons (Fsp3) is 0.188. The Balaban J connectivity index is 2.51. The highest BCUT2D eigenvalue weighted by molar-refractivity contribution is 14.1. The molecule has 0 bridgehead atoms. The number of carbonyl (C=O) groups is 1. The summed E-state index contributed by atoms with van der Waals surface area (Å²) in [6, 6.07) is 11.8. The summed E-state index contributed by atoms with van der Waals surface area (Å²) >= 11 is 2.24. The fourth-order valence-corrected chi connectivity index (χ4v) is 2.64. The zero-order valence-corrected chi connectivity index (χ0v) is 12.9. The van der Waals surface area contributed by atoms with Gasteiger partial charge in [-0.25, -0.2) is 0 Å². The Labute approximate surface area is 121 Å². The molecule has 0 unspecified atom stereocenters. The molecule has 0 amide bonds. The van der Waals surface area contributed by atoms with Crippen LogP contribution in [0.25, 0.3) is 0 Å². The monoisotopic (exact) mass is 350 g/mol. The van der Waals surface area contributed by atoms with Gasteiger partial charge in [0.2, 0.25) is 0 Å². The topological polar surface area (TPSA) is 17.1 Å². The van der Waals surface area contributed by atoms with Crippen LogP contribution in [-0.4, -0.2) is 5.78 Å². The standard InChI is InChI=1S/C16H15IO/c1-10-7-8-13(12(3)9-10)16(18)14-6-4-5-11(2)15(14)17/h4-9H,1-3H3. The molecule has 2 rings (SSSR count). The predicted molar refractivity (Wildman–Crippen MR) is 83.2 cm³/mol. The molecule has 2 aromatic rings. The van der Waals surface area contributed by atoms with Gasteiger partial charge in [0.1, 0.15) is 0 Å². The van der Waals surface area contributed by atoms with E-state index in [-0.39, 0.29) is 5.78 Å². The molecule has 1 nitrogen and oxygen atoms in total. The molecule has 0 saturated heterocycles. The van der Waals surface area contributed by atoms with Gasteiger partial charge in [-0.3, -0.25) is 4.79 Å². The van der Waals surface area contributed by atoms with Crippen LogP contribution in [-0.2, 0) is 0 Å². The van der Waals surface area contributed by atoms with Crippen LogP contribution < -0.4 is 0 Å². The lowest BCUT2D eigenvalue weighted by Crippen LogP contribution is -2.06. The van der Waals surface area contributed by atoms with E-state index in [1.807, 2.05) is 51.1 Å². The van der Waals surface area contributed by atoms with Crippen molar-refractivity contribution in [1.29, 1.82) is 0 Å². The second kappa shape index (κ2) is 5.22. The molecule has 0 radical (unpaired) electrons. The van der Waals surface area contributed by atoms with E-state index in [1.54, 1.807) is 0 Å². The normalized spacial score (nSPS) is 10.4. The molecule has 18 heavy (non-hydrogen) atoms. The molecule has 0 aliphatic rings. The Morgan fingerprint density at radius 1 is 0.944 bits per heavy atom. The molecule has 0 aliphatic heterocycles. The van der Waals surface area contributed by atoms with Crippen LogP contribution in [0.4, 0.5) is 0 Å². The smallest absolute Gasteiger partial charge is 0.194 e. The highest BCUT2D eigenvalue weighted by Gasteiger charge is 2.15. The molecule has 2 aromatic carbocycles. The van der Waals surface area contributed by atoms with Crippen LogP contribution in [0, 0.1) is 24.3 Å². The number of rotatable bonds is 2. The first-order valence-corrected chi connectivity index (χ1v) is 6.95. The molecule has 0 N–H and O–H groups in total. The number of carbonyl (C=O) groups excluding carboxylic acids is 1. The Hall–Kier alpha value is -1.16. The van der Waals surface area contributed by atoms with Crippen molar-refractivity contribution in [3.63, 3.8) is 0 Å². The van der Waals surface area contributed by atoms with E-state index in [0.29, 0.717) is 0 Å². The summed E-state index contributed by atoms with van der Waals surface area (Å²) in [5.41, 5.74) is 4.96. The zero-order chi connectivity index (χ0) is 13.3.